The Morgan fingerprint density at radius 1 is 1.00 bits per heavy atom. The van der Waals surface area contributed by atoms with Gasteiger partial charge in [0.05, 0.1) is 20.6 Å². The molecule has 3 aromatic carbocycles. The van der Waals surface area contributed by atoms with Gasteiger partial charge in [0.15, 0.2) is 0 Å². The van der Waals surface area contributed by atoms with E-state index < -0.39 is 28.5 Å². The normalized spacial score (nSPS) is 12.1. The van der Waals surface area contributed by atoms with Crippen LogP contribution < -0.4 is 9.62 Å². The third kappa shape index (κ3) is 7.28. The van der Waals surface area contributed by atoms with Gasteiger partial charge in [-0.2, -0.15) is 0 Å². The second kappa shape index (κ2) is 13.0. The summed E-state index contributed by atoms with van der Waals surface area (Å²) in [5.74, 6) is -0.913. The van der Waals surface area contributed by atoms with E-state index in [4.69, 9.17) is 23.2 Å². The van der Waals surface area contributed by atoms with Crippen molar-refractivity contribution in [3.05, 3.63) is 92.4 Å². The Kier molecular flexibility index (Phi) is 10.2. The van der Waals surface area contributed by atoms with Crippen molar-refractivity contribution in [1.82, 2.24) is 10.2 Å². The Morgan fingerprint density at radius 3 is 2.29 bits per heavy atom. The number of aryl methyl sites for hydroxylation is 1. The van der Waals surface area contributed by atoms with Crippen LogP contribution in [0.25, 0.3) is 0 Å². The third-order valence-electron chi connectivity index (χ3n) is 5.84. The minimum Gasteiger partial charge on any atom is -0.355 e. The largest absolute Gasteiger partial charge is 0.355 e. The molecule has 11 heteroatoms. The molecular formula is C27H28BrCl2N3O4S. The fourth-order valence-electron chi connectivity index (χ4n) is 3.74. The molecule has 3 rings (SSSR count). The minimum atomic E-state index is -4.19. The van der Waals surface area contributed by atoms with Crippen LogP contribution >= 0.6 is 39.1 Å². The Hall–Kier alpha value is -2.59. The maximum absolute atomic E-state index is 13.8. The maximum atomic E-state index is 13.8. The Balaban J connectivity index is 2.06. The van der Waals surface area contributed by atoms with E-state index in [0.29, 0.717) is 6.54 Å². The second-order valence-corrected chi connectivity index (χ2v) is 12.2. The number of halogens is 3. The summed E-state index contributed by atoms with van der Waals surface area (Å²) >= 11 is 15.7. The SMILES string of the molecule is CCNC(=O)C(C)N(Cc1cccc(Br)c1)C(=O)CN(c1ccc(Cl)c(Cl)c1)S(=O)(=O)c1ccc(C)cc1. The number of rotatable bonds is 10. The standard InChI is InChI=1S/C27H28BrCl2N3O4S/c1-4-31-27(35)19(3)32(16-20-6-5-7-21(28)14-20)26(34)17-33(22-10-13-24(29)25(30)15-22)38(36,37)23-11-8-18(2)9-12-23/h5-15,19H,4,16-17H2,1-3H3,(H,31,35). The van der Waals surface area contributed by atoms with Gasteiger partial charge in [-0.15, -0.1) is 0 Å². The minimum absolute atomic E-state index is 0.0114. The van der Waals surface area contributed by atoms with Gasteiger partial charge >= 0.3 is 0 Å². The number of hydrogen-bond donors (Lipinski definition) is 1. The van der Waals surface area contributed by atoms with Crippen molar-refractivity contribution < 1.29 is 18.0 Å². The highest BCUT2D eigenvalue weighted by atomic mass is 79.9. The lowest BCUT2D eigenvalue weighted by Crippen LogP contribution is -2.51. The van der Waals surface area contributed by atoms with E-state index in [2.05, 4.69) is 21.2 Å². The van der Waals surface area contributed by atoms with Crippen molar-refractivity contribution in [2.75, 3.05) is 17.4 Å². The summed E-state index contributed by atoms with van der Waals surface area (Å²) in [4.78, 5) is 27.9. The van der Waals surface area contributed by atoms with Crippen LogP contribution in [0.15, 0.2) is 76.1 Å². The lowest BCUT2D eigenvalue weighted by atomic mass is 10.1. The van der Waals surface area contributed by atoms with Crippen molar-refractivity contribution in [2.24, 2.45) is 0 Å². The van der Waals surface area contributed by atoms with Crippen molar-refractivity contribution >= 4 is 66.7 Å². The molecule has 0 radical (unpaired) electrons. The average molecular weight is 641 g/mol. The summed E-state index contributed by atoms with van der Waals surface area (Å²) in [7, 11) is -4.19. The van der Waals surface area contributed by atoms with E-state index in [9.17, 15) is 18.0 Å². The van der Waals surface area contributed by atoms with Gasteiger partial charge < -0.3 is 10.2 Å². The number of nitrogens with one attached hydrogen (secondary N) is 1. The molecule has 202 valence electrons. The Bertz CT molecular complexity index is 1420. The van der Waals surface area contributed by atoms with Gasteiger partial charge in [-0.1, -0.05) is 69.0 Å². The zero-order valence-electron chi connectivity index (χ0n) is 21.1. The van der Waals surface area contributed by atoms with Crippen LogP contribution in [-0.4, -0.2) is 44.3 Å². The molecule has 1 atom stereocenters. The monoisotopic (exact) mass is 639 g/mol. The van der Waals surface area contributed by atoms with Gasteiger partial charge in [-0.3, -0.25) is 13.9 Å². The van der Waals surface area contributed by atoms with Crippen LogP contribution in [-0.2, 0) is 26.2 Å². The fraction of sp³-hybridized carbons (Fsp3) is 0.259. The van der Waals surface area contributed by atoms with Crippen LogP contribution in [0.5, 0.6) is 0 Å². The van der Waals surface area contributed by atoms with Crippen LogP contribution in [0, 0.1) is 6.92 Å². The quantitative estimate of drug-likeness (QED) is 0.303. The van der Waals surface area contributed by atoms with Gasteiger partial charge in [0.1, 0.15) is 12.6 Å². The molecule has 0 fully saturated rings. The number of hydrogen-bond acceptors (Lipinski definition) is 4. The van der Waals surface area contributed by atoms with Gasteiger partial charge in [0, 0.05) is 17.6 Å². The van der Waals surface area contributed by atoms with Crippen molar-refractivity contribution in [3.63, 3.8) is 0 Å². The molecule has 0 aromatic heterocycles. The molecule has 38 heavy (non-hydrogen) atoms. The predicted molar refractivity (Wildman–Crippen MR) is 155 cm³/mol. The Labute approximate surface area is 241 Å². The molecule has 0 spiro atoms. The smallest absolute Gasteiger partial charge is 0.264 e. The van der Waals surface area contributed by atoms with E-state index in [-0.39, 0.29) is 33.1 Å². The molecule has 0 saturated carbocycles. The fourth-order valence-corrected chi connectivity index (χ4v) is 5.89. The van der Waals surface area contributed by atoms with Crippen molar-refractivity contribution in [3.8, 4) is 0 Å². The highest BCUT2D eigenvalue weighted by molar-refractivity contribution is 9.10. The molecule has 0 aliphatic carbocycles. The van der Waals surface area contributed by atoms with E-state index in [1.54, 1.807) is 26.0 Å². The first kappa shape index (κ1) is 30.0. The van der Waals surface area contributed by atoms with Gasteiger partial charge in [-0.05, 0) is 68.8 Å². The molecule has 0 saturated heterocycles. The number of amides is 2. The molecule has 1 N–H and O–H groups in total. The number of likely N-dealkylation sites (N-methyl/N-ethyl adjacent to an activating group) is 1. The van der Waals surface area contributed by atoms with E-state index in [1.807, 2.05) is 31.2 Å². The number of benzene rings is 3. The summed E-state index contributed by atoms with van der Waals surface area (Å²) < 4.78 is 29.4. The first-order valence-electron chi connectivity index (χ1n) is 11.8. The summed E-state index contributed by atoms with van der Waals surface area (Å²) in [5, 5.41) is 3.12. The molecule has 3 aromatic rings. The molecule has 0 bridgehead atoms. The summed E-state index contributed by atoms with van der Waals surface area (Å²) in [6, 6.07) is 17.2. The maximum Gasteiger partial charge on any atom is 0.264 e. The Morgan fingerprint density at radius 2 is 1.68 bits per heavy atom. The van der Waals surface area contributed by atoms with Crippen molar-refractivity contribution in [1.29, 1.82) is 0 Å². The van der Waals surface area contributed by atoms with Crippen LogP contribution in [0.1, 0.15) is 25.0 Å². The van der Waals surface area contributed by atoms with Crippen molar-refractivity contribution in [2.45, 2.75) is 38.3 Å². The summed E-state index contributed by atoms with van der Waals surface area (Å²) in [5.41, 5.74) is 1.82. The molecule has 0 aliphatic rings. The first-order valence-corrected chi connectivity index (χ1v) is 14.8. The number of carbonyl (C=O) groups is 2. The number of carbonyl (C=O) groups excluding carboxylic acids is 2. The summed E-state index contributed by atoms with van der Waals surface area (Å²) in [6.07, 6.45) is 0. The number of sulfonamides is 1. The zero-order valence-corrected chi connectivity index (χ0v) is 25.0. The lowest BCUT2D eigenvalue weighted by Gasteiger charge is -2.32. The third-order valence-corrected chi connectivity index (χ3v) is 8.86. The number of anilines is 1. The van der Waals surface area contributed by atoms with Gasteiger partial charge in [0.25, 0.3) is 10.0 Å². The van der Waals surface area contributed by atoms with Gasteiger partial charge in [0.2, 0.25) is 11.8 Å². The molecule has 1 unspecified atom stereocenters. The highest BCUT2D eigenvalue weighted by Crippen LogP contribution is 2.31. The van der Waals surface area contributed by atoms with E-state index in [1.165, 1.54) is 35.2 Å². The predicted octanol–water partition coefficient (Wildman–Crippen LogP) is 5.81. The summed E-state index contributed by atoms with van der Waals surface area (Å²) in [6.45, 7) is 5.16. The van der Waals surface area contributed by atoms with Crippen LogP contribution in [0.2, 0.25) is 10.0 Å². The molecule has 0 aliphatic heterocycles. The first-order chi connectivity index (χ1) is 17.9. The molecular weight excluding hydrogens is 613 g/mol. The molecule has 2 amide bonds. The van der Waals surface area contributed by atoms with E-state index >= 15 is 0 Å². The lowest BCUT2D eigenvalue weighted by molar-refractivity contribution is -0.139. The van der Waals surface area contributed by atoms with Crippen LogP contribution in [0.4, 0.5) is 5.69 Å². The zero-order chi connectivity index (χ0) is 28.0. The van der Waals surface area contributed by atoms with E-state index in [0.717, 1.165) is 19.9 Å². The number of nitrogens with zero attached hydrogens (tertiary/aromatic N) is 2. The van der Waals surface area contributed by atoms with Gasteiger partial charge in [-0.25, -0.2) is 8.42 Å². The topological polar surface area (TPSA) is 86.8 Å². The molecule has 0 heterocycles. The average Bonchev–Trinajstić information content (AvgIpc) is 2.87. The van der Waals surface area contributed by atoms with Crippen LogP contribution in [0.3, 0.4) is 0 Å². The molecule has 7 nitrogen and oxygen atoms in total. The second-order valence-electron chi connectivity index (χ2n) is 8.65. The highest BCUT2D eigenvalue weighted by Gasteiger charge is 2.32.